The van der Waals surface area contributed by atoms with Crippen molar-refractivity contribution in [1.29, 1.82) is 0 Å². The van der Waals surface area contributed by atoms with Crippen LogP contribution < -0.4 is 0 Å². The predicted molar refractivity (Wildman–Crippen MR) is 162 cm³/mol. The molecular weight excluding hydrogens is 685 g/mol. The van der Waals surface area contributed by atoms with E-state index >= 15 is 0 Å². The van der Waals surface area contributed by atoms with E-state index in [9.17, 15) is 5.11 Å². The van der Waals surface area contributed by atoms with Gasteiger partial charge >= 0.3 is 0 Å². The number of para-hydroxylation sites is 2. The summed E-state index contributed by atoms with van der Waals surface area (Å²) >= 11 is 0. The Bertz CT molecular complexity index is 2240. The van der Waals surface area contributed by atoms with Crippen LogP contribution in [0.15, 0.2) is 128 Å². The van der Waals surface area contributed by atoms with Crippen molar-refractivity contribution in [2.24, 2.45) is 0 Å². The van der Waals surface area contributed by atoms with E-state index < -0.39 is 0 Å². The molecule has 5 heteroatoms. The summed E-state index contributed by atoms with van der Waals surface area (Å²) in [5, 5.41) is 13.8. The van der Waals surface area contributed by atoms with E-state index in [4.69, 9.17) is 4.98 Å². The largest absolute Gasteiger partial charge is 0.507 e. The summed E-state index contributed by atoms with van der Waals surface area (Å²) in [7, 11) is 0. The first-order chi connectivity index (χ1) is 19.8. The number of aromatic hydroxyl groups is 1. The first kappa shape index (κ1) is 25.2. The molecule has 0 fully saturated rings. The molecular formula is C36H22N3OPt-. The first-order valence-electron chi connectivity index (χ1n) is 13.2. The van der Waals surface area contributed by atoms with Crippen LogP contribution in [0, 0.1) is 6.07 Å². The maximum absolute atomic E-state index is 10.9. The Morgan fingerprint density at radius 2 is 1.37 bits per heavy atom. The van der Waals surface area contributed by atoms with Gasteiger partial charge < -0.3 is 5.11 Å². The number of aromatic nitrogens is 3. The van der Waals surface area contributed by atoms with Crippen molar-refractivity contribution in [1.82, 2.24) is 14.4 Å². The number of hydrogen-bond donors (Lipinski definition) is 1. The minimum absolute atomic E-state index is 0. The van der Waals surface area contributed by atoms with Gasteiger partial charge in [-0.1, -0.05) is 90.0 Å². The Balaban J connectivity index is 0.00000276. The Kier molecular flexibility index (Phi) is 6.14. The molecule has 0 bridgehead atoms. The monoisotopic (exact) mass is 707 g/mol. The molecule has 1 N–H and O–H groups in total. The molecule has 5 aromatic carbocycles. The van der Waals surface area contributed by atoms with Gasteiger partial charge in [0.1, 0.15) is 11.4 Å². The Morgan fingerprint density at radius 1 is 0.634 bits per heavy atom. The van der Waals surface area contributed by atoms with Crippen molar-refractivity contribution in [2.45, 2.75) is 0 Å². The van der Waals surface area contributed by atoms with E-state index in [0.717, 1.165) is 71.9 Å². The van der Waals surface area contributed by atoms with E-state index in [1.165, 1.54) is 0 Å². The molecule has 4 nitrogen and oxygen atoms in total. The van der Waals surface area contributed by atoms with E-state index in [2.05, 4.69) is 70.0 Å². The summed E-state index contributed by atoms with van der Waals surface area (Å²) in [4.78, 5) is 9.82. The van der Waals surface area contributed by atoms with E-state index in [-0.39, 0.29) is 26.8 Å². The van der Waals surface area contributed by atoms with Crippen LogP contribution in [-0.2, 0) is 21.1 Å². The van der Waals surface area contributed by atoms with Crippen molar-refractivity contribution in [3.63, 3.8) is 0 Å². The molecule has 0 radical (unpaired) electrons. The molecule has 0 saturated heterocycles. The van der Waals surface area contributed by atoms with Crippen molar-refractivity contribution >= 4 is 38.4 Å². The van der Waals surface area contributed by atoms with Crippen molar-refractivity contribution in [2.75, 3.05) is 0 Å². The van der Waals surface area contributed by atoms with Crippen LogP contribution in [-0.4, -0.2) is 19.5 Å². The maximum Gasteiger partial charge on any atom is 0.149 e. The fraction of sp³-hybridized carbons (Fsp3) is 0. The zero-order valence-electron chi connectivity index (χ0n) is 21.7. The molecule has 198 valence electrons. The van der Waals surface area contributed by atoms with Crippen molar-refractivity contribution in [3.05, 3.63) is 134 Å². The molecule has 3 aromatic heterocycles. The van der Waals surface area contributed by atoms with E-state index in [1.807, 2.05) is 66.9 Å². The zero-order chi connectivity index (χ0) is 26.6. The summed E-state index contributed by atoms with van der Waals surface area (Å²) in [6.45, 7) is 0. The van der Waals surface area contributed by atoms with Crippen LogP contribution in [0.4, 0.5) is 0 Å². The molecule has 0 atom stereocenters. The minimum atomic E-state index is 0. The van der Waals surface area contributed by atoms with Crippen LogP contribution in [0.25, 0.3) is 71.9 Å². The molecule has 8 rings (SSSR count). The number of pyridine rings is 2. The van der Waals surface area contributed by atoms with Gasteiger partial charge in [0, 0.05) is 38.3 Å². The summed E-state index contributed by atoms with van der Waals surface area (Å²) in [6, 6.07) is 44.4. The topological polar surface area (TPSA) is 50.4 Å². The summed E-state index contributed by atoms with van der Waals surface area (Å²) in [5.41, 5.74) is 9.62. The van der Waals surface area contributed by atoms with Crippen LogP contribution in [0.5, 0.6) is 5.75 Å². The van der Waals surface area contributed by atoms with Gasteiger partial charge in [0.15, 0.2) is 0 Å². The van der Waals surface area contributed by atoms with Crippen LogP contribution in [0.1, 0.15) is 0 Å². The van der Waals surface area contributed by atoms with E-state index in [1.54, 1.807) is 6.07 Å². The number of phenols is 1. The molecule has 0 saturated carbocycles. The van der Waals surface area contributed by atoms with Gasteiger partial charge in [-0.25, -0.2) is 4.98 Å². The summed E-state index contributed by atoms with van der Waals surface area (Å²) in [6.07, 6.45) is 1.85. The molecule has 0 aliphatic rings. The molecule has 0 amide bonds. The molecule has 8 aromatic rings. The SMILES string of the molecule is Oc1cccc2c3ccccc3n3c4cccc(-c5[c-]c(-c6cc(-c7ccccc7)ccn6)ccc5)c4nc3c12.[Pt]. The van der Waals surface area contributed by atoms with Gasteiger partial charge in [0.2, 0.25) is 0 Å². The number of hydrogen-bond acceptors (Lipinski definition) is 3. The number of rotatable bonds is 3. The van der Waals surface area contributed by atoms with Gasteiger partial charge in [-0.15, -0.1) is 29.8 Å². The average Bonchev–Trinajstić information content (AvgIpc) is 3.42. The Hall–Kier alpha value is -4.79. The van der Waals surface area contributed by atoms with Crippen molar-refractivity contribution < 1.29 is 26.2 Å². The van der Waals surface area contributed by atoms with Gasteiger partial charge in [-0.3, -0.25) is 9.38 Å². The third-order valence-corrected chi connectivity index (χ3v) is 7.61. The van der Waals surface area contributed by atoms with Crippen LogP contribution in [0.2, 0.25) is 0 Å². The summed E-state index contributed by atoms with van der Waals surface area (Å²) < 4.78 is 2.16. The molecule has 0 aliphatic heterocycles. The van der Waals surface area contributed by atoms with Gasteiger partial charge in [-0.2, -0.15) is 0 Å². The third kappa shape index (κ3) is 4.03. The molecule has 0 aliphatic carbocycles. The van der Waals surface area contributed by atoms with Gasteiger partial charge in [0.25, 0.3) is 0 Å². The molecule has 0 unspecified atom stereocenters. The number of phenolic OH excluding ortho intramolecular Hbond substituents is 1. The second-order valence-corrected chi connectivity index (χ2v) is 9.93. The quantitative estimate of drug-likeness (QED) is 0.148. The van der Waals surface area contributed by atoms with Gasteiger partial charge in [0.05, 0.1) is 21.9 Å². The molecule has 3 heterocycles. The molecule has 41 heavy (non-hydrogen) atoms. The number of fused-ring (bicyclic) bond motifs is 8. The minimum Gasteiger partial charge on any atom is -0.507 e. The summed E-state index contributed by atoms with van der Waals surface area (Å²) in [5.74, 6) is 0.225. The maximum atomic E-state index is 10.9. The van der Waals surface area contributed by atoms with Crippen molar-refractivity contribution in [3.8, 4) is 39.3 Å². The second-order valence-electron chi connectivity index (χ2n) is 9.93. The number of benzene rings is 5. The molecule has 0 spiro atoms. The van der Waals surface area contributed by atoms with Crippen LogP contribution in [0.3, 0.4) is 0 Å². The number of imidazole rings is 1. The fourth-order valence-corrected chi connectivity index (χ4v) is 5.79. The zero-order valence-corrected chi connectivity index (χ0v) is 24.0. The third-order valence-electron chi connectivity index (χ3n) is 7.61. The normalized spacial score (nSPS) is 11.3. The average molecular weight is 708 g/mol. The predicted octanol–water partition coefficient (Wildman–Crippen LogP) is 8.69. The second kappa shape index (κ2) is 9.99. The first-order valence-corrected chi connectivity index (χ1v) is 13.2. The number of nitrogens with zero attached hydrogens (tertiary/aromatic N) is 3. The van der Waals surface area contributed by atoms with Gasteiger partial charge in [-0.05, 0) is 40.8 Å². The Morgan fingerprint density at radius 3 is 2.27 bits per heavy atom. The fourth-order valence-electron chi connectivity index (χ4n) is 5.79. The van der Waals surface area contributed by atoms with Crippen LogP contribution >= 0.6 is 0 Å². The standard InChI is InChI=1S/C36H22N3O.Pt/c40-33-18-8-15-29-28-13-4-5-16-31(28)39-32-17-7-14-27(35(32)38-36(39)34(29)33)25-11-6-12-26(21-25)30-22-24(19-20-37-30)23-9-2-1-3-10-23;/h1-20,22,40H;/q-1;. The smallest absolute Gasteiger partial charge is 0.149 e. The Labute approximate surface area is 250 Å². The van der Waals surface area contributed by atoms with E-state index in [0.29, 0.717) is 0 Å².